The molecule has 45 heavy (non-hydrogen) atoms. The zero-order valence-corrected chi connectivity index (χ0v) is 26.5. The minimum atomic E-state index is -3.78. The van der Waals surface area contributed by atoms with Gasteiger partial charge in [0.1, 0.15) is 5.75 Å². The van der Waals surface area contributed by atoms with E-state index in [-0.39, 0.29) is 4.90 Å². The van der Waals surface area contributed by atoms with E-state index in [4.69, 9.17) is 4.74 Å². The van der Waals surface area contributed by atoms with Gasteiger partial charge in [-0.15, -0.1) is 0 Å². The molecule has 0 atom stereocenters. The fraction of sp³-hybridized carbons (Fsp3) is 0.0556. The fourth-order valence-electron chi connectivity index (χ4n) is 5.03. The van der Waals surface area contributed by atoms with E-state index >= 15 is 0 Å². The molecular weight excluding hydrogens is 599 g/mol. The van der Waals surface area contributed by atoms with Crippen LogP contribution in [0.2, 0.25) is 0 Å². The largest absolute Gasteiger partial charge is 0.495 e. The average molecular weight is 631 g/mol. The number of aromatic nitrogens is 4. The van der Waals surface area contributed by atoms with Gasteiger partial charge >= 0.3 is 0 Å². The molecule has 0 aliphatic carbocycles. The molecule has 0 radical (unpaired) electrons. The van der Waals surface area contributed by atoms with Gasteiger partial charge in [-0.1, -0.05) is 109 Å². The number of methoxy groups -OCH3 is 1. The predicted molar refractivity (Wildman–Crippen MR) is 183 cm³/mol. The van der Waals surface area contributed by atoms with Crippen molar-refractivity contribution in [2.45, 2.75) is 4.90 Å². The topological polar surface area (TPSA) is 79.0 Å². The van der Waals surface area contributed by atoms with Crippen LogP contribution in [0.25, 0.3) is 22.2 Å². The predicted octanol–water partition coefficient (Wildman–Crippen LogP) is 6.13. The molecule has 224 valence electrons. The normalized spacial score (nSPS) is 11.3. The zero-order valence-electron chi connectivity index (χ0n) is 24.8. The van der Waals surface area contributed by atoms with Crippen LogP contribution in [-0.4, -0.2) is 34.3 Å². The van der Waals surface area contributed by atoms with Crippen molar-refractivity contribution in [3.8, 4) is 16.9 Å². The van der Waals surface area contributed by atoms with E-state index in [0.717, 1.165) is 11.1 Å². The van der Waals surface area contributed by atoms with Gasteiger partial charge in [0, 0.05) is 36.0 Å². The fourth-order valence-corrected chi connectivity index (χ4v) is 8.68. The second-order valence-electron chi connectivity index (χ2n) is 10.1. The summed E-state index contributed by atoms with van der Waals surface area (Å²) in [7, 11) is -0.872. The summed E-state index contributed by atoms with van der Waals surface area (Å²) in [5.74, 6) is 0.553. The Balaban J connectivity index is 0.000000167. The van der Waals surface area contributed by atoms with E-state index < -0.39 is 17.9 Å². The first kappa shape index (κ1) is 30.0. The van der Waals surface area contributed by atoms with Crippen molar-refractivity contribution in [2.24, 2.45) is 7.05 Å². The first-order chi connectivity index (χ1) is 22.0. The van der Waals surface area contributed by atoms with Gasteiger partial charge in [-0.05, 0) is 42.0 Å². The lowest BCUT2D eigenvalue weighted by Crippen LogP contribution is -2.20. The molecule has 9 heteroatoms. The molecule has 0 saturated heterocycles. The number of rotatable bonds is 7. The monoisotopic (exact) mass is 630 g/mol. The summed E-state index contributed by atoms with van der Waals surface area (Å²) in [5, 5.41) is 9.05. The van der Waals surface area contributed by atoms with Crippen LogP contribution in [0.3, 0.4) is 0 Å². The maximum absolute atomic E-state index is 13.1. The van der Waals surface area contributed by atoms with E-state index in [9.17, 15) is 8.42 Å². The summed E-state index contributed by atoms with van der Waals surface area (Å²) in [5.41, 5.74) is 1.86. The quantitative estimate of drug-likeness (QED) is 0.198. The van der Waals surface area contributed by atoms with Crippen LogP contribution in [0.4, 0.5) is 0 Å². The number of aryl methyl sites for hydroxylation is 1. The lowest BCUT2D eigenvalue weighted by Gasteiger charge is -2.18. The van der Waals surface area contributed by atoms with Crippen LogP contribution in [0.15, 0.2) is 157 Å². The van der Waals surface area contributed by atoms with Crippen molar-refractivity contribution in [3.05, 3.63) is 152 Å². The summed E-state index contributed by atoms with van der Waals surface area (Å²) in [6, 6.07) is 42.4. The SMILES string of the molecule is COc1cnc2c(c1)c(-c1cnn(C)c1)cn2S(=O)(=O)c1ccccc1.c1ccc(P(c2ccccc2)c2ccccc2)cc1. The highest BCUT2D eigenvalue weighted by Gasteiger charge is 2.23. The van der Waals surface area contributed by atoms with E-state index in [2.05, 4.69) is 101 Å². The Hall–Kier alpha value is -5.04. The molecule has 0 aliphatic rings. The molecule has 0 bridgehead atoms. The molecule has 4 aromatic carbocycles. The minimum absolute atomic E-state index is 0.201. The molecule has 0 N–H and O–H groups in total. The summed E-state index contributed by atoms with van der Waals surface area (Å²) < 4.78 is 34.4. The maximum atomic E-state index is 13.1. The van der Waals surface area contributed by atoms with Gasteiger partial charge in [-0.3, -0.25) is 4.68 Å². The van der Waals surface area contributed by atoms with Crippen LogP contribution >= 0.6 is 7.92 Å². The van der Waals surface area contributed by atoms with E-state index in [1.54, 1.807) is 60.6 Å². The van der Waals surface area contributed by atoms with Crippen LogP contribution in [0, 0.1) is 0 Å². The van der Waals surface area contributed by atoms with Crippen molar-refractivity contribution in [1.82, 2.24) is 18.7 Å². The number of ether oxygens (including phenoxy) is 1. The Labute approximate surface area is 264 Å². The molecule has 7 aromatic rings. The summed E-state index contributed by atoms with van der Waals surface area (Å²) in [4.78, 5) is 4.53. The molecular formula is C36H31N4O3PS. The van der Waals surface area contributed by atoms with Gasteiger partial charge < -0.3 is 4.74 Å². The molecule has 0 spiro atoms. The van der Waals surface area contributed by atoms with E-state index in [1.807, 2.05) is 13.2 Å². The van der Waals surface area contributed by atoms with Crippen LogP contribution < -0.4 is 20.7 Å². The standard InChI is InChI=1S/C18H16N4O3S.C18H15P/c1-21-11-13(9-20-21)17-12-22(18-16(17)8-14(25-2)10-19-18)26(23,24)15-6-4-3-5-7-15;1-4-10-16(11-5-1)19(17-12-6-2-7-13-17)18-14-8-3-9-15-18/h3-12H,1-2H3;1-15H. The molecule has 0 fully saturated rings. The molecule has 0 amide bonds. The van der Waals surface area contributed by atoms with Crippen molar-refractivity contribution < 1.29 is 13.2 Å². The smallest absolute Gasteiger partial charge is 0.269 e. The number of benzene rings is 4. The lowest BCUT2D eigenvalue weighted by atomic mass is 10.1. The third-order valence-corrected chi connectivity index (χ3v) is 11.3. The molecule has 0 aliphatic heterocycles. The number of pyridine rings is 1. The number of hydrogen-bond acceptors (Lipinski definition) is 5. The summed E-state index contributed by atoms with van der Waals surface area (Å²) >= 11 is 0. The van der Waals surface area contributed by atoms with Gasteiger partial charge in [-0.2, -0.15) is 5.10 Å². The van der Waals surface area contributed by atoms with Crippen LogP contribution in [0.5, 0.6) is 5.75 Å². The number of nitrogens with zero attached hydrogens (tertiary/aromatic N) is 4. The first-order valence-corrected chi connectivity index (χ1v) is 17.0. The summed E-state index contributed by atoms with van der Waals surface area (Å²) in [6.07, 6.45) is 6.60. The molecule has 7 rings (SSSR count). The Kier molecular flexibility index (Phi) is 8.87. The molecule has 3 aromatic heterocycles. The van der Waals surface area contributed by atoms with Gasteiger partial charge in [-0.25, -0.2) is 17.4 Å². The van der Waals surface area contributed by atoms with Crippen molar-refractivity contribution >= 4 is 44.9 Å². The van der Waals surface area contributed by atoms with Gasteiger partial charge in [0.05, 0.1) is 24.4 Å². The Morgan fingerprint density at radius 3 is 1.67 bits per heavy atom. The number of hydrogen-bond donors (Lipinski definition) is 0. The average Bonchev–Trinajstić information content (AvgIpc) is 3.70. The highest BCUT2D eigenvalue weighted by Crippen LogP contribution is 2.34. The van der Waals surface area contributed by atoms with E-state index in [0.29, 0.717) is 16.8 Å². The van der Waals surface area contributed by atoms with Crippen molar-refractivity contribution in [2.75, 3.05) is 7.11 Å². The minimum Gasteiger partial charge on any atom is -0.495 e. The molecule has 0 saturated carbocycles. The van der Waals surface area contributed by atoms with Crippen molar-refractivity contribution in [3.63, 3.8) is 0 Å². The highest BCUT2D eigenvalue weighted by atomic mass is 32.2. The van der Waals surface area contributed by atoms with Crippen LogP contribution in [-0.2, 0) is 17.1 Å². The second kappa shape index (κ2) is 13.3. The summed E-state index contributed by atoms with van der Waals surface area (Å²) in [6.45, 7) is 0. The lowest BCUT2D eigenvalue weighted by molar-refractivity contribution is 0.413. The second-order valence-corrected chi connectivity index (χ2v) is 14.2. The Bertz CT molecular complexity index is 2020. The molecule has 7 nitrogen and oxygen atoms in total. The first-order valence-electron chi connectivity index (χ1n) is 14.3. The Morgan fingerprint density at radius 2 is 1.20 bits per heavy atom. The van der Waals surface area contributed by atoms with Gasteiger partial charge in [0.2, 0.25) is 0 Å². The van der Waals surface area contributed by atoms with Crippen LogP contribution in [0.1, 0.15) is 0 Å². The zero-order chi connectivity index (χ0) is 31.2. The third kappa shape index (κ3) is 6.43. The Morgan fingerprint density at radius 1 is 0.689 bits per heavy atom. The number of fused-ring (bicyclic) bond motifs is 1. The van der Waals surface area contributed by atoms with Crippen molar-refractivity contribution in [1.29, 1.82) is 0 Å². The van der Waals surface area contributed by atoms with E-state index in [1.165, 1.54) is 26.1 Å². The molecule has 3 heterocycles. The van der Waals surface area contributed by atoms with Gasteiger partial charge in [0.15, 0.2) is 5.65 Å². The highest BCUT2D eigenvalue weighted by molar-refractivity contribution is 7.90. The molecule has 0 unspecified atom stereocenters. The third-order valence-electron chi connectivity index (χ3n) is 7.18. The maximum Gasteiger partial charge on any atom is 0.269 e. The van der Waals surface area contributed by atoms with Gasteiger partial charge in [0.25, 0.3) is 10.0 Å².